The molecule has 1 fully saturated rings. The van der Waals surface area contributed by atoms with Crippen molar-refractivity contribution in [2.75, 3.05) is 12.0 Å². The summed E-state index contributed by atoms with van der Waals surface area (Å²) in [6.45, 7) is 1.54. The van der Waals surface area contributed by atoms with Gasteiger partial charge in [-0.25, -0.2) is 9.78 Å². The van der Waals surface area contributed by atoms with E-state index in [-0.39, 0.29) is 38.1 Å². The smallest absolute Gasteiger partial charge is 0.350 e. The van der Waals surface area contributed by atoms with Gasteiger partial charge in [-0.2, -0.15) is 0 Å². The van der Waals surface area contributed by atoms with Gasteiger partial charge in [0.2, 0.25) is 0 Å². The first-order chi connectivity index (χ1) is 16.6. The highest BCUT2D eigenvalue weighted by Gasteiger charge is 2.48. The number of ether oxygens (including phenoxy) is 1. The largest absolute Gasteiger partial charge is 0.507 e. The quantitative estimate of drug-likeness (QED) is 0.132. The van der Waals surface area contributed by atoms with E-state index in [4.69, 9.17) is 16.3 Å². The maximum absolute atomic E-state index is 13.2. The van der Waals surface area contributed by atoms with Crippen LogP contribution in [0.2, 0.25) is 5.02 Å². The number of amides is 1. The van der Waals surface area contributed by atoms with Crippen LogP contribution in [0.3, 0.4) is 0 Å². The summed E-state index contributed by atoms with van der Waals surface area (Å²) < 4.78 is 4.75. The number of aliphatic hydroxyl groups is 1. The highest BCUT2D eigenvalue weighted by Crippen LogP contribution is 2.44. The van der Waals surface area contributed by atoms with Crippen molar-refractivity contribution in [3.8, 4) is 0 Å². The number of aromatic nitrogens is 1. The molecule has 12 heteroatoms. The summed E-state index contributed by atoms with van der Waals surface area (Å²) in [5.41, 5.74) is 0.125. The topological polar surface area (TPSA) is 140 Å². The van der Waals surface area contributed by atoms with Crippen molar-refractivity contribution in [1.29, 1.82) is 0 Å². The van der Waals surface area contributed by atoms with E-state index in [2.05, 4.69) is 4.98 Å². The molecule has 3 aromatic rings. The average molecular weight is 514 g/mol. The van der Waals surface area contributed by atoms with Crippen molar-refractivity contribution in [3.05, 3.63) is 90.9 Å². The summed E-state index contributed by atoms with van der Waals surface area (Å²) in [5.74, 6) is -3.18. The third kappa shape index (κ3) is 4.27. The van der Waals surface area contributed by atoms with Gasteiger partial charge in [0.05, 0.1) is 29.3 Å². The lowest BCUT2D eigenvalue weighted by Gasteiger charge is -2.22. The van der Waals surface area contributed by atoms with Gasteiger partial charge >= 0.3 is 11.9 Å². The van der Waals surface area contributed by atoms with E-state index in [1.165, 1.54) is 55.6 Å². The number of Topliss-reactive ketones (excluding diaryl/α,β-unsaturated/α-hetero) is 1. The number of anilines is 1. The fraction of sp³-hybridized carbons (Fsp3) is 0.130. The summed E-state index contributed by atoms with van der Waals surface area (Å²) in [6, 6.07) is 10.1. The molecule has 1 N–H and O–H groups in total. The van der Waals surface area contributed by atoms with E-state index >= 15 is 0 Å². The summed E-state index contributed by atoms with van der Waals surface area (Å²) in [5, 5.41) is 22.9. The summed E-state index contributed by atoms with van der Waals surface area (Å²) in [7, 11) is 1.20. The molecular formula is C23H16ClN3O7S. The molecular weight excluding hydrogens is 498 g/mol. The fourth-order valence-corrected chi connectivity index (χ4v) is 4.82. The SMILES string of the molecule is COC(=O)c1sc(N2C(=O)C(=O)C(=C(O)c3ccc(Cl)cc3)[C@@H]2c2cccc([N+](=O)[O-])c2)nc1C. The molecule has 1 amide bonds. The molecule has 0 saturated carbocycles. The second-order valence-electron chi connectivity index (χ2n) is 7.43. The Balaban J connectivity index is 1.96. The molecule has 1 aliphatic rings. The van der Waals surface area contributed by atoms with Crippen molar-refractivity contribution in [1.82, 2.24) is 4.98 Å². The molecule has 2 heterocycles. The Morgan fingerprint density at radius 3 is 2.54 bits per heavy atom. The van der Waals surface area contributed by atoms with E-state index in [9.17, 15) is 29.6 Å². The fourth-order valence-electron chi connectivity index (χ4n) is 3.68. The molecule has 35 heavy (non-hydrogen) atoms. The Labute approximate surface area is 207 Å². The van der Waals surface area contributed by atoms with Gasteiger partial charge in [-0.1, -0.05) is 35.1 Å². The lowest BCUT2D eigenvalue weighted by molar-refractivity contribution is -0.384. The molecule has 0 aliphatic carbocycles. The van der Waals surface area contributed by atoms with Crippen LogP contribution in [0.1, 0.15) is 32.5 Å². The Morgan fingerprint density at radius 1 is 1.23 bits per heavy atom. The standard InChI is InChI=1S/C23H16ClN3O7S/c1-11-20(22(31)34-2)35-23(25-11)26-17(13-4-3-5-15(10-13)27(32)33)16(19(29)21(26)30)18(28)12-6-8-14(24)9-7-12/h3-10,17,28H,1-2H3/t17-/m0/s1. The van der Waals surface area contributed by atoms with Crippen LogP contribution >= 0.6 is 22.9 Å². The highest BCUT2D eigenvalue weighted by molar-refractivity contribution is 7.17. The number of aliphatic hydroxyl groups excluding tert-OH is 1. The number of nitrogens with zero attached hydrogens (tertiary/aromatic N) is 3. The number of halogens is 1. The highest BCUT2D eigenvalue weighted by atomic mass is 35.5. The number of nitro groups is 1. The van der Waals surface area contributed by atoms with Crippen molar-refractivity contribution in [3.63, 3.8) is 0 Å². The minimum Gasteiger partial charge on any atom is -0.507 e. The predicted octanol–water partition coefficient (Wildman–Crippen LogP) is 4.43. The van der Waals surface area contributed by atoms with Gasteiger partial charge in [0, 0.05) is 22.7 Å². The van der Waals surface area contributed by atoms with Crippen LogP contribution in [0.25, 0.3) is 5.76 Å². The minimum absolute atomic E-state index is 0.00309. The van der Waals surface area contributed by atoms with Gasteiger partial charge in [-0.3, -0.25) is 24.6 Å². The zero-order chi connectivity index (χ0) is 25.4. The molecule has 0 spiro atoms. The first-order valence-electron chi connectivity index (χ1n) is 10.0. The first kappa shape index (κ1) is 24.0. The maximum atomic E-state index is 13.2. The predicted molar refractivity (Wildman–Crippen MR) is 128 cm³/mol. The third-order valence-corrected chi connectivity index (χ3v) is 6.71. The number of thiazole rings is 1. The molecule has 2 aromatic carbocycles. The van der Waals surface area contributed by atoms with Gasteiger partial charge in [0.25, 0.3) is 11.5 Å². The molecule has 1 aliphatic heterocycles. The summed E-state index contributed by atoms with van der Waals surface area (Å²) >= 11 is 6.75. The van der Waals surface area contributed by atoms with Crippen molar-refractivity contribution in [2.24, 2.45) is 0 Å². The maximum Gasteiger partial charge on any atom is 0.350 e. The molecule has 0 bridgehead atoms. The Bertz CT molecular complexity index is 1410. The molecule has 1 aromatic heterocycles. The monoisotopic (exact) mass is 513 g/mol. The zero-order valence-corrected chi connectivity index (χ0v) is 19.8. The number of benzene rings is 2. The number of hydrogen-bond acceptors (Lipinski definition) is 9. The van der Waals surface area contributed by atoms with Gasteiger partial charge in [-0.05, 0) is 36.8 Å². The number of carbonyl (C=O) groups is 3. The lowest BCUT2D eigenvalue weighted by atomic mass is 9.95. The molecule has 1 atom stereocenters. The van der Waals surface area contributed by atoms with Gasteiger partial charge < -0.3 is 9.84 Å². The van der Waals surface area contributed by atoms with E-state index in [0.717, 1.165) is 16.2 Å². The number of non-ortho nitro benzene ring substituents is 1. The second-order valence-corrected chi connectivity index (χ2v) is 8.84. The number of aryl methyl sites for hydroxylation is 1. The Hall–Kier alpha value is -4.09. The first-order valence-corrected chi connectivity index (χ1v) is 11.2. The molecule has 178 valence electrons. The van der Waals surface area contributed by atoms with Crippen LogP contribution in [0, 0.1) is 17.0 Å². The van der Waals surface area contributed by atoms with Gasteiger partial charge in [0.15, 0.2) is 5.13 Å². The van der Waals surface area contributed by atoms with E-state index in [0.29, 0.717) is 5.02 Å². The van der Waals surface area contributed by atoms with Crippen LogP contribution in [-0.2, 0) is 14.3 Å². The Morgan fingerprint density at radius 2 is 1.91 bits per heavy atom. The lowest BCUT2D eigenvalue weighted by Crippen LogP contribution is -2.29. The van der Waals surface area contributed by atoms with Gasteiger partial charge in [0.1, 0.15) is 10.6 Å². The van der Waals surface area contributed by atoms with E-state index in [1.54, 1.807) is 6.92 Å². The molecule has 1 saturated heterocycles. The minimum atomic E-state index is -1.25. The molecule has 4 rings (SSSR count). The van der Waals surface area contributed by atoms with Crippen LogP contribution in [0.4, 0.5) is 10.8 Å². The van der Waals surface area contributed by atoms with Crippen molar-refractivity contribution < 1.29 is 29.2 Å². The number of methoxy groups -OCH3 is 1. The second kappa shape index (κ2) is 9.28. The van der Waals surface area contributed by atoms with Gasteiger partial charge in [-0.15, -0.1) is 0 Å². The zero-order valence-electron chi connectivity index (χ0n) is 18.2. The summed E-state index contributed by atoms with van der Waals surface area (Å²) in [4.78, 5) is 54.7. The number of esters is 1. The van der Waals surface area contributed by atoms with Crippen molar-refractivity contribution in [2.45, 2.75) is 13.0 Å². The Kier molecular flexibility index (Phi) is 6.37. The molecule has 0 radical (unpaired) electrons. The molecule has 0 unspecified atom stereocenters. The number of nitro benzene ring substituents is 1. The van der Waals surface area contributed by atoms with Crippen LogP contribution in [0.15, 0.2) is 54.1 Å². The van der Waals surface area contributed by atoms with E-state index in [1.807, 2.05) is 0 Å². The van der Waals surface area contributed by atoms with Crippen LogP contribution in [0.5, 0.6) is 0 Å². The normalized spacial score (nSPS) is 17.0. The number of rotatable bonds is 5. The molecule has 10 nitrogen and oxygen atoms in total. The number of hydrogen-bond donors (Lipinski definition) is 1. The average Bonchev–Trinajstić information content (AvgIpc) is 3.35. The van der Waals surface area contributed by atoms with E-state index < -0.39 is 34.4 Å². The van der Waals surface area contributed by atoms with Crippen LogP contribution < -0.4 is 4.90 Å². The number of carbonyl (C=O) groups excluding carboxylic acids is 3. The third-order valence-electron chi connectivity index (χ3n) is 5.32. The van der Waals surface area contributed by atoms with Crippen molar-refractivity contribution >= 4 is 57.2 Å². The van der Waals surface area contributed by atoms with Crippen LogP contribution in [-0.4, -0.2) is 39.8 Å². The number of ketones is 1. The summed E-state index contributed by atoms with van der Waals surface area (Å²) in [6.07, 6.45) is 0.